The summed E-state index contributed by atoms with van der Waals surface area (Å²) in [5.74, 6) is -0.257. The van der Waals surface area contributed by atoms with Gasteiger partial charge < -0.3 is 15.5 Å². The summed E-state index contributed by atoms with van der Waals surface area (Å²) in [6, 6.07) is 4.80. The van der Waals surface area contributed by atoms with Gasteiger partial charge in [0.1, 0.15) is 5.82 Å². The van der Waals surface area contributed by atoms with Gasteiger partial charge in [0.05, 0.1) is 5.69 Å². The summed E-state index contributed by atoms with van der Waals surface area (Å²) in [6.45, 7) is 1.83. The highest BCUT2D eigenvalue weighted by Gasteiger charge is 2.07. The monoisotopic (exact) mass is 225 g/mol. The average Bonchev–Trinajstić information content (AvgIpc) is 2.16. The maximum Gasteiger partial charge on any atom is 0.148 e. The third kappa shape index (κ3) is 3.70. The summed E-state index contributed by atoms with van der Waals surface area (Å²) in [6.07, 6.45) is 1.01. The summed E-state index contributed by atoms with van der Waals surface area (Å²) in [5, 5.41) is 0. The van der Waals surface area contributed by atoms with E-state index in [0.717, 1.165) is 19.5 Å². The van der Waals surface area contributed by atoms with Gasteiger partial charge in [0.2, 0.25) is 0 Å². The smallest absolute Gasteiger partial charge is 0.148 e. The third-order valence-electron chi connectivity index (χ3n) is 2.48. The predicted octanol–water partition coefficient (Wildman–Crippen LogP) is 1.80. The third-order valence-corrected chi connectivity index (χ3v) is 2.48. The molecule has 0 aromatic heterocycles. The molecule has 2 N–H and O–H groups in total. The van der Waals surface area contributed by atoms with Crippen molar-refractivity contribution in [3.8, 4) is 0 Å². The average molecular weight is 225 g/mol. The predicted molar refractivity (Wildman–Crippen MR) is 67.3 cm³/mol. The molecular weight excluding hydrogens is 205 g/mol. The van der Waals surface area contributed by atoms with Gasteiger partial charge >= 0.3 is 0 Å². The Morgan fingerprint density at radius 2 is 1.88 bits per heavy atom. The van der Waals surface area contributed by atoms with Gasteiger partial charge in [-0.1, -0.05) is 0 Å². The topological polar surface area (TPSA) is 32.5 Å². The van der Waals surface area contributed by atoms with Crippen LogP contribution in [0.3, 0.4) is 0 Å². The minimum atomic E-state index is -0.257. The van der Waals surface area contributed by atoms with Crippen LogP contribution in [-0.4, -0.2) is 39.1 Å². The van der Waals surface area contributed by atoms with E-state index in [1.165, 1.54) is 6.07 Å². The minimum Gasteiger partial charge on any atom is -0.399 e. The molecule has 90 valence electrons. The molecule has 0 saturated heterocycles. The highest BCUT2D eigenvalue weighted by atomic mass is 19.1. The van der Waals surface area contributed by atoms with Gasteiger partial charge in [0, 0.05) is 19.3 Å². The second-order valence-electron chi connectivity index (χ2n) is 4.29. The van der Waals surface area contributed by atoms with Crippen molar-refractivity contribution in [1.29, 1.82) is 0 Å². The number of nitrogen functional groups attached to an aromatic ring is 1. The molecule has 0 aliphatic heterocycles. The van der Waals surface area contributed by atoms with Crippen molar-refractivity contribution < 1.29 is 4.39 Å². The Balaban J connectivity index is 2.55. The van der Waals surface area contributed by atoms with Crippen molar-refractivity contribution in [2.75, 3.05) is 44.9 Å². The molecule has 0 radical (unpaired) electrons. The summed E-state index contributed by atoms with van der Waals surface area (Å²) in [5.41, 5.74) is 6.57. The SMILES string of the molecule is CN(C)CCCN(C)c1ccc(N)cc1F. The molecule has 0 aliphatic rings. The second-order valence-corrected chi connectivity index (χ2v) is 4.29. The molecule has 0 fully saturated rings. The van der Waals surface area contributed by atoms with Crippen molar-refractivity contribution in [3.05, 3.63) is 24.0 Å². The normalized spacial score (nSPS) is 10.8. The molecule has 0 unspecified atom stereocenters. The molecule has 0 saturated carbocycles. The molecular formula is C12H20FN3. The van der Waals surface area contributed by atoms with Crippen LogP contribution in [0.15, 0.2) is 18.2 Å². The van der Waals surface area contributed by atoms with Crippen molar-refractivity contribution in [1.82, 2.24) is 4.90 Å². The summed E-state index contributed by atoms with van der Waals surface area (Å²) in [4.78, 5) is 4.03. The largest absolute Gasteiger partial charge is 0.399 e. The zero-order valence-electron chi connectivity index (χ0n) is 10.2. The maximum absolute atomic E-state index is 13.6. The number of hydrogen-bond acceptors (Lipinski definition) is 3. The molecule has 0 bridgehead atoms. The maximum atomic E-state index is 13.6. The first-order valence-corrected chi connectivity index (χ1v) is 5.41. The Kier molecular flexibility index (Phi) is 4.55. The Labute approximate surface area is 96.6 Å². The van der Waals surface area contributed by atoms with Crippen LogP contribution >= 0.6 is 0 Å². The molecule has 0 spiro atoms. The molecule has 0 aliphatic carbocycles. The van der Waals surface area contributed by atoms with Gasteiger partial charge in [-0.05, 0) is 45.3 Å². The van der Waals surface area contributed by atoms with Crippen molar-refractivity contribution in [2.24, 2.45) is 0 Å². The zero-order valence-corrected chi connectivity index (χ0v) is 10.2. The van der Waals surface area contributed by atoms with Crippen LogP contribution in [-0.2, 0) is 0 Å². The van der Waals surface area contributed by atoms with Crippen molar-refractivity contribution >= 4 is 11.4 Å². The first-order chi connectivity index (χ1) is 7.50. The van der Waals surface area contributed by atoms with Gasteiger partial charge in [0.15, 0.2) is 0 Å². The van der Waals surface area contributed by atoms with Crippen molar-refractivity contribution in [3.63, 3.8) is 0 Å². The minimum absolute atomic E-state index is 0.257. The standard InChI is InChI=1S/C12H20FN3/c1-15(2)7-4-8-16(3)12-6-5-10(14)9-11(12)13/h5-6,9H,4,7-8,14H2,1-3H3. The van der Waals surface area contributed by atoms with E-state index in [4.69, 9.17) is 5.73 Å². The van der Waals surface area contributed by atoms with Gasteiger partial charge in [-0.25, -0.2) is 4.39 Å². The number of halogens is 1. The van der Waals surface area contributed by atoms with E-state index in [9.17, 15) is 4.39 Å². The number of hydrogen-bond donors (Lipinski definition) is 1. The van der Waals surface area contributed by atoms with Crippen LogP contribution in [0.2, 0.25) is 0 Å². The van der Waals surface area contributed by atoms with Gasteiger partial charge in [-0.3, -0.25) is 0 Å². The number of anilines is 2. The van der Waals surface area contributed by atoms with Crippen LogP contribution in [0, 0.1) is 5.82 Å². The van der Waals surface area contributed by atoms with E-state index in [1.54, 1.807) is 12.1 Å². The van der Waals surface area contributed by atoms with E-state index < -0.39 is 0 Å². The molecule has 1 aromatic rings. The van der Waals surface area contributed by atoms with Gasteiger partial charge in [-0.15, -0.1) is 0 Å². The fourth-order valence-electron chi connectivity index (χ4n) is 1.58. The lowest BCUT2D eigenvalue weighted by atomic mass is 10.2. The summed E-state index contributed by atoms with van der Waals surface area (Å²) in [7, 11) is 5.96. The lowest BCUT2D eigenvalue weighted by molar-refractivity contribution is 0.401. The van der Waals surface area contributed by atoms with Gasteiger partial charge in [-0.2, -0.15) is 0 Å². The first kappa shape index (κ1) is 12.8. The van der Waals surface area contributed by atoms with Crippen LogP contribution < -0.4 is 10.6 Å². The first-order valence-electron chi connectivity index (χ1n) is 5.41. The molecule has 0 amide bonds. The van der Waals surface area contributed by atoms with Crippen LogP contribution in [0.4, 0.5) is 15.8 Å². The fraction of sp³-hybridized carbons (Fsp3) is 0.500. The number of nitrogens with two attached hydrogens (primary N) is 1. The quantitative estimate of drug-likeness (QED) is 0.775. The lowest BCUT2D eigenvalue weighted by Gasteiger charge is -2.21. The van der Waals surface area contributed by atoms with Crippen LogP contribution in [0.5, 0.6) is 0 Å². The van der Waals surface area contributed by atoms with Gasteiger partial charge in [0.25, 0.3) is 0 Å². The highest BCUT2D eigenvalue weighted by molar-refractivity contribution is 5.53. The second kappa shape index (κ2) is 5.70. The fourth-order valence-corrected chi connectivity index (χ4v) is 1.58. The molecule has 0 heterocycles. The molecule has 0 atom stereocenters. The summed E-state index contributed by atoms with van der Waals surface area (Å²) < 4.78 is 13.6. The van der Waals surface area contributed by atoms with E-state index in [1.807, 2.05) is 26.0 Å². The van der Waals surface area contributed by atoms with Crippen LogP contribution in [0.1, 0.15) is 6.42 Å². The Morgan fingerprint density at radius 3 is 2.44 bits per heavy atom. The Hall–Kier alpha value is -1.29. The lowest BCUT2D eigenvalue weighted by Crippen LogP contribution is -2.24. The number of rotatable bonds is 5. The van der Waals surface area contributed by atoms with Crippen molar-refractivity contribution in [2.45, 2.75) is 6.42 Å². The van der Waals surface area contributed by atoms with E-state index >= 15 is 0 Å². The van der Waals surface area contributed by atoms with Crippen LogP contribution in [0.25, 0.3) is 0 Å². The zero-order chi connectivity index (χ0) is 12.1. The van der Waals surface area contributed by atoms with E-state index in [-0.39, 0.29) is 5.82 Å². The van der Waals surface area contributed by atoms with E-state index in [0.29, 0.717) is 11.4 Å². The molecule has 4 heteroatoms. The number of nitrogens with zero attached hydrogens (tertiary/aromatic N) is 2. The molecule has 16 heavy (non-hydrogen) atoms. The number of benzene rings is 1. The Morgan fingerprint density at radius 1 is 1.19 bits per heavy atom. The van der Waals surface area contributed by atoms with E-state index in [2.05, 4.69) is 4.90 Å². The highest BCUT2D eigenvalue weighted by Crippen LogP contribution is 2.20. The Bertz CT molecular complexity index is 339. The molecule has 3 nitrogen and oxygen atoms in total. The molecule has 1 aromatic carbocycles. The molecule has 1 rings (SSSR count). The summed E-state index contributed by atoms with van der Waals surface area (Å²) >= 11 is 0.